The molecule has 2 fully saturated rings. The van der Waals surface area contributed by atoms with Crippen LogP contribution in [0.3, 0.4) is 0 Å². The Morgan fingerprint density at radius 2 is 1.90 bits per heavy atom. The van der Waals surface area contributed by atoms with Gasteiger partial charge in [-0.1, -0.05) is 13.8 Å². The van der Waals surface area contributed by atoms with E-state index in [-0.39, 0.29) is 7.21 Å². The van der Waals surface area contributed by atoms with E-state index in [2.05, 4.69) is 16.0 Å². The van der Waals surface area contributed by atoms with Crippen LogP contribution in [0.4, 0.5) is 5.69 Å². The summed E-state index contributed by atoms with van der Waals surface area (Å²) in [6.07, 6.45) is 5.75. The first-order valence-corrected chi connectivity index (χ1v) is 8.03. The average Bonchev–Trinajstić information content (AvgIpc) is 2.49. The highest BCUT2D eigenvalue weighted by molar-refractivity contribution is 5.88. The topological polar surface area (TPSA) is 42.4 Å². The van der Waals surface area contributed by atoms with Crippen molar-refractivity contribution in [2.75, 3.05) is 31.2 Å². The number of ketones is 1. The Kier molecular flexibility index (Phi) is 5.34. The summed E-state index contributed by atoms with van der Waals surface area (Å²) in [5.74, 6) is 0.150. The van der Waals surface area contributed by atoms with Gasteiger partial charge in [0.15, 0.2) is 0 Å². The molecular weight excluding hydrogens is 264 g/mol. The third kappa shape index (κ3) is 3.10. The number of piperidine rings is 1. The van der Waals surface area contributed by atoms with Crippen molar-refractivity contribution in [1.29, 1.82) is 0 Å². The molecule has 0 atom stereocenters. The number of ether oxygens (including phenoxy) is 1. The smallest absolute Gasteiger partial charge is 0.146 e. The van der Waals surface area contributed by atoms with Gasteiger partial charge in [0.1, 0.15) is 11.2 Å². The summed E-state index contributed by atoms with van der Waals surface area (Å²) in [5.41, 5.74) is 1.54. The van der Waals surface area contributed by atoms with Crippen LogP contribution in [0.1, 0.15) is 47.2 Å². The number of rotatable bonds is 3. The minimum absolute atomic E-state index is 0. The van der Waals surface area contributed by atoms with Crippen LogP contribution in [0.25, 0.3) is 0 Å². The standard InChI is InChI=1S/C15H20N2O2.C2H6.H2/c1-12(18)15(10-19-11-15)14-6-5-13(9-16-14)17-7-3-2-4-8-17;1-2;/h5-6,9H,2-4,7-8,10-11H2,1H3;1-2H3;1H. The fourth-order valence-corrected chi connectivity index (χ4v) is 2.85. The molecule has 2 aliphatic heterocycles. The first-order valence-electron chi connectivity index (χ1n) is 8.03. The quantitative estimate of drug-likeness (QED) is 0.858. The molecule has 4 nitrogen and oxygen atoms in total. The van der Waals surface area contributed by atoms with Crippen LogP contribution in [-0.2, 0) is 14.9 Å². The molecule has 0 radical (unpaired) electrons. The summed E-state index contributed by atoms with van der Waals surface area (Å²) < 4.78 is 5.23. The molecule has 1 aromatic heterocycles. The molecule has 0 N–H and O–H groups in total. The van der Waals surface area contributed by atoms with Crippen molar-refractivity contribution >= 4 is 11.5 Å². The lowest BCUT2D eigenvalue weighted by molar-refractivity contribution is -0.141. The molecule has 0 saturated carbocycles. The van der Waals surface area contributed by atoms with E-state index in [9.17, 15) is 4.79 Å². The number of nitrogens with zero attached hydrogens (tertiary/aromatic N) is 2. The molecule has 2 aliphatic rings. The van der Waals surface area contributed by atoms with Gasteiger partial charge in [-0.3, -0.25) is 9.78 Å². The zero-order valence-corrected chi connectivity index (χ0v) is 13.4. The minimum Gasteiger partial charge on any atom is -0.378 e. The maximum absolute atomic E-state index is 11.8. The molecule has 21 heavy (non-hydrogen) atoms. The van der Waals surface area contributed by atoms with Gasteiger partial charge in [0.2, 0.25) is 0 Å². The minimum atomic E-state index is -0.486. The van der Waals surface area contributed by atoms with Crippen LogP contribution in [0, 0.1) is 0 Å². The van der Waals surface area contributed by atoms with E-state index in [1.54, 1.807) is 6.92 Å². The number of aromatic nitrogens is 1. The Morgan fingerprint density at radius 3 is 2.33 bits per heavy atom. The highest BCUT2D eigenvalue weighted by Gasteiger charge is 2.46. The maximum Gasteiger partial charge on any atom is 0.146 e. The summed E-state index contributed by atoms with van der Waals surface area (Å²) in [7, 11) is 0. The summed E-state index contributed by atoms with van der Waals surface area (Å²) in [4.78, 5) is 18.7. The van der Waals surface area contributed by atoms with E-state index < -0.39 is 5.41 Å². The van der Waals surface area contributed by atoms with E-state index in [0.29, 0.717) is 13.2 Å². The molecule has 0 aromatic carbocycles. The van der Waals surface area contributed by atoms with Crippen molar-refractivity contribution in [3.8, 4) is 0 Å². The van der Waals surface area contributed by atoms with Crippen molar-refractivity contribution in [2.45, 2.75) is 45.4 Å². The van der Waals surface area contributed by atoms with E-state index in [1.165, 1.54) is 24.9 Å². The number of carbonyl (C=O) groups excluding carboxylic acids is 1. The predicted octanol–water partition coefficient (Wildman–Crippen LogP) is 3.20. The van der Waals surface area contributed by atoms with Crippen LogP contribution in [-0.4, -0.2) is 37.1 Å². The van der Waals surface area contributed by atoms with Crippen molar-refractivity contribution in [1.82, 2.24) is 4.98 Å². The van der Waals surface area contributed by atoms with E-state index in [0.717, 1.165) is 18.8 Å². The van der Waals surface area contributed by atoms with Gasteiger partial charge in [-0.25, -0.2) is 0 Å². The Morgan fingerprint density at radius 1 is 1.24 bits per heavy atom. The molecule has 0 spiro atoms. The SMILES string of the molecule is CC.CC(=O)C1(c2ccc(N3CCCCC3)cn2)COC1.[HH]. The molecule has 0 unspecified atom stereocenters. The van der Waals surface area contributed by atoms with Crippen molar-refractivity contribution in [3.05, 3.63) is 24.0 Å². The summed E-state index contributed by atoms with van der Waals surface area (Å²) >= 11 is 0. The molecule has 0 amide bonds. The van der Waals surface area contributed by atoms with Crippen LogP contribution >= 0.6 is 0 Å². The Balaban J connectivity index is 0.000000775. The molecule has 0 bridgehead atoms. The fraction of sp³-hybridized carbons (Fsp3) is 0.647. The lowest BCUT2D eigenvalue weighted by Crippen LogP contribution is -2.52. The van der Waals surface area contributed by atoms with Gasteiger partial charge in [0.05, 0.1) is 30.8 Å². The Hall–Kier alpha value is -1.42. The third-order valence-electron chi connectivity index (χ3n) is 4.33. The number of anilines is 1. The van der Waals surface area contributed by atoms with Gasteiger partial charge in [0.25, 0.3) is 0 Å². The number of Topliss-reactive ketones (excluding diaryl/α,β-unsaturated/α-hetero) is 1. The van der Waals surface area contributed by atoms with Gasteiger partial charge in [-0.15, -0.1) is 0 Å². The normalized spacial score (nSPS) is 20.0. The number of pyridine rings is 1. The molecule has 4 heteroatoms. The van der Waals surface area contributed by atoms with E-state index in [1.807, 2.05) is 26.1 Å². The molecule has 1 aromatic rings. The Labute approximate surface area is 129 Å². The Bertz CT molecular complexity index is 466. The van der Waals surface area contributed by atoms with Crippen LogP contribution in [0.15, 0.2) is 18.3 Å². The van der Waals surface area contributed by atoms with Crippen molar-refractivity contribution in [3.63, 3.8) is 0 Å². The second kappa shape index (κ2) is 7.03. The maximum atomic E-state index is 11.8. The van der Waals surface area contributed by atoms with Crippen molar-refractivity contribution in [2.24, 2.45) is 0 Å². The largest absolute Gasteiger partial charge is 0.378 e. The van der Waals surface area contributed by atoms with Gasteiger partial charge in [-0.2, -0.15) is 0 Å². The summed E-state index contributed by atoms with van der Waals surface area (Å²) in [5, 5.41) is 0. The van der Waals surface area contributed by atoms with Gasteiger partial charge >= 0.3 is 0 Å². The number of hydrogen-bond donors (Lipinski definition) is 0. The zero-order chi connectivity index (χ0) is 15.3. The molecule has 3 heterocycles. The lowest BCUT2D eigenvalue weighted by Gasteiger charge is -2.38. The second-order valence-electron chi connectivity index (χ2n) is 5.58. The molecule has 118 valence electrons. The molecule has 0 aliphatic carbocycles. The summed E-state index contributed by atoms with van der Waals surface area (Å²) in [6.45, 7) is 8.80. The van der Waals surface area contributed by atoms with E-state index in [4.69, 9.17) is 4.74 Å². The van der Waals surface area contributed by atoms with Crippen LogP contribution in [0.2, 0.25) is 0 Å². The third-order valence-corrected chi connectivity index (χ3v) is 4.33. The van der Waals surface area contributed by atoms with Gasteiger partial charge in [0, 0.05) is 14.5 Å². The zero-order valence-electron chi connectivity index (χ0n) is 13.4. The average molecular weight is 292 g/mol. The number of carbonyl (C=O) groups is 1. The highest BCUT2D eigenvalue weighted by Crippen LogP contribution is 2.33. The van der Waals surface area contributed by atoms with Crippen molar-refractivity contribution < 1.29 is 11.0 Å². The summed E-state index contributed by atoms with van der Waals surface area (Å²) in [6, 6.07) is 4.09. The van der Waals surface area contributed by atoms with Crippen LogP contribution < -0.4 is 4.90 Å². The first kappa shape index (κ1) is 16.0. The lowest BCUT2D eigenvalue weighted by atomic mass is 9.78. The molecule has 3 rings (SSSR count). The molecular formula is C17H28N2O2. The van der Waals surface area contributed by atoms with Crippen LogP contribution in [0.5, 0.6) is 0 Å². The number of hydrogen-bond acceptors (Lipinski definition) is 4. The predicted molar refractivity (Wildman–Crippen MR) is 86.9 cm³/mol. The first-order chi connectivity index (χ1) is 10.2. The van der Waals surface area contributed by atoms with Gasteiger partial charge < -0.3 is 9.64 Å². The second-order valence-corrected chi connectivity index (χ2v) is 5.58. The van der Waals surface area contributed by atoms with E-state index >= 15 is 0 Å². The van der Waals surface area contributed by atoms with Gasteiger partial charge in [-0.05, 0) is 38.3 Å². The fourth-order valence-electron chi connectivity index (χ4n) is 2.85. The monoisotopic (exact) mass is 292 g/mol. The highest BCUT2D eigenvalue weighted by atomic mass is 16.5. The molecule has 2 saturated heterocycles.